The summed E-state index contributed by atoms with van der Waals surface area (Å²) in [5.74, 6) is -0.199. The molecule has 0 spiro atoms. The lowest BCUT2D eigenvalue weighted by atomic mass is 10.2. The van der Waals surface area contributed by atoms with Crippen LogP contribution in [0.4, 0.5) is 0 Å². The number of halogens is 1. The van der Waals surface area contributed by atoms with E-state index >= 15 is 0 Å². The van der Waals surface area contributed by atoms with Gasteiger partial charge in [-0.1, -0.05) is 29.8 Å². The van der Waals surface area contributed by atoms with Crippen LogP contribution in [-0.4, -0.2) is 49.3 Å². The molecule has 0 saturated heterocycles. The topological polar surface area (TPSA) is 49.8 Å². The van der Waals surface area contributed by atoms with E-state index in [2.05, 4.69) is 0 Å². The van der Waals surface area contributed by atoms with E-state index in [9.17, 15) is 9.90 Å². The highest BCUT2D eigenvalue weighted by Gasteiger charge is 2.11. The molecule has 1 unspecified atom stereocenters. The van der Waals surface area contributed by atoms with Crippen LogP contribution in [-0.2, 0) is 9.53 Å². The number of ether oxygens (including phenoxy) is 1. The van der Waals surface area contributed by atoms with Gasteiger partial charge in [0.2, 0.25) is 5.91 Å². The van der Waals surface area contributed by atoms with Gasteiger partial charge in [0, 0.05) is 31.8 Å². The van der Waals surface area contributed by atoms with Crippen LogP contribution in [0.15, 0.2) is 30.3 Å². The van der Waals surface area contributed by atoms with Crippen molar-refractivity contribution in [1.29, 1.82) is 0 Å². The second-order valence-electron chi connectivity index (χ2n) is 4.18. The van der Waals surface area contributed by atoms with Crippen LogP contribution in [0.2, 0.25) is 5.02 Å². The summed E-state index contributed by atoms with van der Waals surface area (Å²) in [6.45, 7) is 0.422. The van der Waals surface area contributed by atoms with E-state index in [4.69, 9.17) is 16.3 Å². The van der Waals surface area contributed by atoms with Gasteiger partial charge < -0.3 is 14.7 Å². The Kier molecular flexibility index (Phi) is 6.56. The predicted octanol–water partition coefficient (Wildman–Crippen LogP) is 1.82. The fraction of sp³-hybridized carbons (Fsp3) is 0.357. The molecule has 1 aromatic rings. The molecule has 5 heteroatoms. The molecule has 1 rings (SSSR count). The summed E-state index contributed by atoms with van der Waals surface area (Å²) in [6, 6.07) is 7.26. The summed E-state index contributed by atoms with van der Waals surface area (Å²) in [5.41, 5.74) is 0.781. The van der Waals surface area contributed by atoms with Gasteiger partial charge in [0.05, 0.1) is 12.7 Å². The fourth-order valence-corrected chi connectivity index (χ4v) is 1.75. The van der Waals surface area contributed by atoms with Crippen molar-refractivity contribution < 1.29 is 14.6 Å². The first-order valence-corrected chi connectivity index (χ1v) is 6.27. The first-order chi connectivity index (χ1) is 9.04. The highest BCUT2D eigenvalue weighted by Crippen LogP contribution is 2.16. The lowest BCUT2D eigenvalue weighted by Crippen LogP contribution is -2.35. The monoisotopic (exact) mass is 283 g/mol. The SMILES string of the molecule is COCC(O)CN(C)C(=O)/C=C/c1ccccc1Cl. The average Bonchev–Trinajstić information content (AvgIpc) is 2.37. The summed E-state index contributed by atoms with van der Waals surface area (Å²) < 4.78 is 4.81. The molecule has 0 bridgehead atoms. The minimum atomic E-state index is -0.687. The van der Waals surface area contributed by atoms with Gasteiger partial charge in [-0.3, -0.25) is 4.79 Å². The number of carbonyl (C=O) groups excluding carboxylic acids is 1. The van der Waals surface area contributed by atoms with Crippen molar-refractivity contribution in [2.24, 2.45) is 0 Å². The first-order valence-electron chi connectivity index (χ1n) is 5.89. The van der Waals surface area contributed by atoms with E-state index in [1.807, 2.05) is 18.2 Å². The molecular weight excluding hydrogens is 266 g/mol. The molecule has 1 N–H and O–H groups in total. The van der Waals surface area contributed by atoms with Gasteiger partial charge in [-0.05, 0) is 17.7 Å². The van der Waals surface area contributed by atoms with Crippen molar-refractivity contribution in [2.75, 3.05) is 27.3 Å². The Hall–Kier alpha value is -1.36. The van der Waals surface area contributed by atoms with Gasteiger partial charge in [0.25, 0.3) is 0 Å². The van der Waals surface area contributed by atoms with Crippen molar-refractivity contribution in [1.82, 2.24) is 4.90 Å². The van der Waals surface area contributed by atoms with Gasteiger partial charge in [-0.2, -0.15) is 0 Å². The number of aliphatic hydroxyl groups is 1. The third kappa shape index (κ3) is 5.42. The second kappa shape index (κ2) is 7.94. The normalized spacial score (nSPS) is 12.6. The molecule has 0 saturated carbocycles. The molecule has 0 radical (unpaired) electrons. The van der Waals surface area contributed by atoms with Crippen molar-refractivity contribution in [3.05, 3.63) is 40.9 Å². The van der Waals surface area contributed by atoms with E-state index < -0.39 is 6.10 Å². The predicted molar refractivity (Wildman–Crippen MR) is 76.0 cm³/mol. The minimum Gasteiger partial charge on any atom is -0.389 e. The molecule has 1 aromatic carbocycles. The summed E-state index contributed by atoms with van der Waals surface area (Å²) >= 11 is 5.98. The summed E-state index contributed by atoms with van der Waals surface area (Å²) in [7, 11) is 3.13. The van der Waals surface area contributed by atoms with Gasteiger partial charge in [-0.25, -0.2) is 0 Å². The Balaban J connectivity index is 2.57. The smallest absolute Gasteiger partial charge is 0.246 e. The molecule has 104 valence electrons. The molecule has 0 aliphatic rings. The molecule has 19 heavy (non-hydrogen) atoms. The molecule has 0 aliphatic carbocycles. The third-order valence-electron chi connectivity index (χ3n) is 2.53. The van der Waals surface area contributed by atoms with Crippen LogP contribution in [0, 0.1) is 0 Å². The fourth-order valence-electron chi connectivity index (χ4n) is 1.55. The lowest BCUT2D eigenvalue weighted by molar-refractivity contribution is -0.126. The highest BCUT2D eigenvalue weighted by molar-refractivity contribution is 6.32. The summed E-state index contributed by atoms with van der Waals surface area (Å²) in [5, 5.41) is 10.1. The van der Waals surface area contributed by atoms with E-state index in [1.54, 1.807) is 19.2 Å². The van der Waals surface area contributed by atoms with Crippen LogP contribution < -0.4 is 0 Å². The number of rotatable bonds is 6. The third-order valence-corrected chi connectivity index (χ3v) is 2.87. The number of hydrogen-bond acceptors (Lipinski definition) is 3. The summed E-state index contributed by atoms with van der Waals surface area (Å²) in [6.07, 6.45) is 2.40. The second-order valence-corrected chi connectivity index (χ2v) is 4.59. The van der Waals surface area contributed by atoms with Gasteiger partial charge in [0.15, 0.2) is 0 Å². The van der Waals surface area contributed by atoms with Crippen LogP contribution in [0.1, 0.15) is 5.56 Å². The van der Waals surface area contributed by atoms with E-state index in [0.29, 0.717) is 5.02 Å². The molecule has 0 aliphatic heterocycles. The number of hydrogen-bond donors (Lipinski definition) is 1. The van der Waals surface area contributed by atoms with Crippen LogP contribution >= 0.6 is 11.6 Å². The average molecular weight is 284 g/mol. The Morgan fingerprint density at radius 3 is 2.84 bits per heavy atom. The van der Waals surface area contributed by atoms with Crippen molar-refractivity contribution in [3.8, 4) is 0 Å². The maximum Gasteiger partial charge on any atom is 0.246 e. The largest absolute Gasteiger partial charge is 0.389 e. The molecule has 1 amide bonds. The van der Waals surface area contributed by atoms with Gasteiger partial charge in [-0.15, -0.1) is 0 Å². The van der Waals surface area contributed by atoms with Crippen LogP contribution in [0.5, 0.6) is 0 Å². The molecule has 0 fully saturated rings. The first kappa shape index (κ1) is 15.7. The Morgan fingerprint density at radius 1 is 1.53 bits per heavy atom. The van der Waals surface area contributed by atoms with Gasteiger partial charge >= 0.3 is 0 Å². The maximum atomic E-state index is 11.8. The number of methoxy groups -OCH3 is 1. The molecule has 0 aromatic heterocycles. The molecule has 4 nitrogen and oxygen atoms in total. The van der Waals surface area contributed by atoms with Crippen molar-refractivity contribution in [3.63, 3.8) is 0 Å². The van der Waals surface area contributed by atoms with E-state index in [-0.39, 0.29) is 19.1 Å². The zero-order chi connectivity index (χ0) is 14.3. The number of nitrogens with zero attached hydrogens (tertiary/aromatic N) is 1. The van der Waals surface area contributed by atoms with E-state index in [1.165, 1.54) is 18.1 Å². The minimum absolute atomic E-state index is 0.199. The number of carbonyl (C=O) groups is 1. The number of likely N-dealkylation sites (N-methyl/N-ethyl adjacent to an activating group) is 1. The number of aliphatic hydroxyl groups excluding tert-OH is 1. The maximum absolute atomic E-state index is 11.8. The quantitative estimate of drug-likeness (QED) is 0.810. The van der Waals surface area contributed by atoms with Crippen molar-refractivity contribution >= 4 is 23.6 Å². The van der Waals surface area contributed by atoms with E-state index in [0.717, 1.165) is 5.56 Å². The standard InChI is InChI=1S/C14H18ClNO3/c1-16(9-12(17)10-19-2)14(18)8-7-11-5-3-4-6-13(11)15/h3-8,12,17H,9-10H2,1-2H3/b8-7+. The Labute approximate surface area is 118 Å². The Bertz CT molecular complexity index is 448. The molecular formula is C14H18ClNO3. The Morgan fingerprint density at radius 2 is 2.21 bits per heavy atom. The zero-order valence-corrected chi connectivity index (χ0v) is 11.8. The lowest BCUT2D eigenvalue weighted by Gasteiger charge is -2.18. The highest BCUT2D eigenvalue weighted by atomic mass is 35.5. The van der Waals surface area contributed by atoms with Crippen molar-refractivity contribution in [2.45, 2.75) is 6.10 Å². The van der Waals surface area contributed by atoms with Crippen LogP contribution in [0.25, 0.3) is 6.08 Å². The van der Waals surface area contributed by atoms with Gasteiger partial charge in [0.1, 0.15) is 0 Å². The zero-order valence-electron chi connectivity index (χ0n) is 11.0. The number of amides is 1. The summed E-state index contributed by atoms with van der Waals surface area (Å²) in [4.78, 5) is 13.2. The number of benzene rings is 1. The van der Waals surface area contributed by atoms with Crippen LogP contribution in [0.3, 0.4) is 0 Å². The molecule has 0 heterocycles. The molecule has 1 atom stereocenters.